The molecule has 1 aromatic heterocycles. The lowest BCUT2D eigenvalue weighted by Gasteiger charge is -2.29. The van der Waals surface area contributed by atoms with Gasteiger partial charge in [-0.2, -0.15) is 10.2 Å². The van der Waals surface area contributed by atoms with Crippen LogP contribution in [0.3, 0.4) is 0 Å². The van der Waals surface area contributed by atoms with Crippen molar-refractivity contribution in [1.29, 1.82) is 0 Å². The molecule has 2 saturated carbocycles. The van der Waals surface area contributed by atoms with Gasteiger partial charge in [-0.05, 0) is 86.8 Å². The first-order valence-electron chi connectivity index (χ1n) is 14.7. The third-order valence-corrected chi connectivity index (χ3v) is 8.89. The van der Waals surface area contributed by atoms with E-state index in [0.717, 1.165) is 23.4 Å². The van der Waals surface area contributed by atoms with Gasteiger partial charge in [0.25, 0.3) is 0 Å². The molecule has 4 rings (SSSR count). The van der Waals surface area contributed by atoms with E-state index in [1.807, 2.05) is 0 Å². The predicted molar refractivity (Wildman–Crippen MR) is 145 cm³/mol. The molecule has 1 aromatic carbocycles. The first-order valence-corrected chi connectivity index (χ1v) is 14.7. The highest BCUT2D eigenvalue weighted by Gasteiger charge is 2.24. The molecule has 0 saturated heterocycles. The molecule has 2 aliphatic carbocycles. The highest BCUT2D eigenvalue weighted by atomic mass is 15.1. The van der Waals surface area contributed by atoms with E-state index in [-0.39, 0.29) is 0 Å². The quantitative estimate of drug-likeness (QED) is 0.312. The Bertz CT molecular complexity index is 809. The molecule has 1 heterocycles. The summed E-state index contributed by atoms with van der Waals surface area (Å²) in [5.41, 5.74) is 4.95. The Morgan fingerprint density at radius 1 is 0.588 bits per heavy atom. The zero-order chi connectivity index (χ0) is 23.6. The van der Waals surface area contributed by atoms with Gasteiger partial charge in [0.05, 0.1) is 11.4 Å². The number of hydrogen-bond donors (Lipinski definition) is 0. The van der Waals surface area contributed by atoms with Gasteiger partial charge in [-0.25, -0.2) is 0 Å². The minimum Gasteiger partial charge on any atom is -0.155 e. The second-order valence-corrected chi connectivity index (χ2v) is 11.4. The van der Waals surface area contributed by atoms with Gasteiger partial charge >= 0.3 is 0 Å². The molecule has 0 radical (unpaired) electrons. The molecule has 0 amide bonds. The van der Waals surface area contributed by atoms with Gasteiger partial charge in [0.15, 0.2) is 0 Å². The first-order chi connectivity index (χ1) is 16.8. The van der Waals surface area contributed by atoms with Crippen molar-refractivity contribution in [2.24, 2.45) is 11.8 Å². The van der Waals surface area contributed by atoms with Crippen LogP contribution in [0.1, 0.15) is 140 Å². The Morgan fingerprint density at radius 2 is 1.24 bits per heavy atom. The van der Waals surface area contributed by atoms with E-state index in [1.54, 1.807) is 0 Å². The van der Waals surface area contributed by atoms with Crippen LogP contribution in [0.25, 0.3) is 11.3 Å². The Kier molecular flexibility index (Phi) is 10.0. The van der Waals surface area contributed by atoms with Crippen LogP contribution in [0, 0.1) is 11.8 Å². The molecule has 0 atom stereocenters. The largest absolute Gasteiger partial charge is 0.155 e. The van der Waals surface area contributed by atoms with Crippen molar-refractivity contribution in [2.75, 3.05) is 0 Å². The number of unbranched alkanes of at least 4 members (excludes halogenated alkanes) is 4. The van der Waals surface area contributed by atoms with Gasteiger partial charge in [0, 0.05) is 11.5 Å². The second-order valence-electron chi connectivity index (χ2n) is 11.4. The molecular weight excluding hydrogens is 412 g/mol. The summed E-state index contributed by atoms with van der Waals surface area (Å²) >= 11 is 0. The zero-order valence-corrected chi connectivity index (χ0v) is 22.0. The average molecular weight is 461 g/mol. The maximum absolute atomic E-state index is 4.66. The van der Waals surface area contributed by atoms with Crippen LogP contribution in [0.4, 0.5) is 0 Å². The van der Waals surface area contributed by atoms with Crippen molar-refractivity contribution < 1.29 is 0 Å². The normalized spacial score (nSPS) is 25.4. The van der Waals surface area contributed by atoms with Crippen LogP contribution in [0.5, 0.6) is 0 Å². The summed E-state index contributed by atoms with van der Waals surface area (Å²) in [6.45, 7) is 4.61. The predicted octanol–water partition coefficient (Wildman–Crippen LogP) is 9.85. The lowest BCUT2D eigenvalue weighted by atomic mass is 9.77. The highest BCUT2D eigenvalue weighted by molar-refractivity contribution is 5.59. The summed E-state index contributed by atoms with van der Waals surface area (Å²) < 4.78 is 0. The monoisotopic (exact) mass is 460 g/mol. The molecule has 0 aliphatic heterocycles. The van der Waals surface area contributed by atoms with Crippen LogP contribution in [-0.4, -0.2) is 10.2 Å². The van der Waals surface area contributed by atoms with Crippen LogP contribution in [0.2, 0.25) is 0 Å². The molecule has 2 aromatic rings. The minimum absolute atomic E-state index is 0.614. The SMILES string of the molecule is CCCCCCC[C@H]1CC[C@H](c2ccc(-c3ccc([C@H]4CC[C@H](CCC)CC4)nn3)cc2)CC1. The smallest absolute Gasteiger partial charge is 0.0929 e. The molecule has 2 aliphatic rings. The first kappa shape index (κ1) is 25.4. The van der Waals surface area contributed by atoms with Crippen LogP contribution in [0.15, 0.2) is 36.4 Å². The summed E-state index contributed by atoms with van der Waals surface area (Å²) in [5, 5.41) is 9.29. The molecule has 0 spiro atoms. The van der Waals surface area contributed by atoms with E-state index in [2.05, 4.69) is 60.4 Å². The zero-order valence-electron chi connectivity index (χ0n) is 22.0. The number of rotatable bonds is 11. The maximum atomic E-state index is 4.66. The van der Waals surface area contributed by atoms with Crippen LogP contribution < -0.4 is 0 Å². The van der Waals surface area contributed by atoms with Gasteiger partial charge in [0.1, 0.15) is 0 Å². The molecule has 186 valence electrons. The van der Waals surface area contributed by atoms with Crippen molar-refractivity contribution >= 4 is 0 Å². The van der Waals surface area contributed by atoms with Crippen molar-refractivity contribution in [1.82, 2.24) is 10.2 Å². The van der Waals surface area contributed by atoms with Crippen molar-refractivity contribution in [3.05, 3.63) is 47.7 Å². The standard InChI is InChI=1S/C32H48N2/c1-3-5-6-7-8-10-26-11-15-27(16-12-26)28-19-21-30(22-20-28)32-24-23-31(33-34-32)29-17-13-25(9-4-2)14-18-29/h19-27,29H,3-18H2,1-2H3/t25-,26-,27-,29-. The van der Waals surface area contributed by atoms with Gasteiger partial charge in [-0.3, -0.25) is 0 Å². The second kappa shape index (κ2) is 13.4. The summed E-state index contributed by atoms with van der Waals surface area (Å²) in [4.78, 5) is 0. The summed E-state index contributed by atoms with van der Waals surface area (Å²) in [6, 6.07) is 13.7. The van der Waals surface area contributed by atoms with Gasteiger partial charge in [-0.1, -0.05) is 89.5 Å². The summed E-state index contributed by atoms with van der Waals surface area (Å²) in [6.07, 6.45) is 22.2. The molecule has 2 nitrogen and oxygen atoms in total. The van der Waals surface area contributed by atoms with Crippen LogP contribution in [-0.2, 0) is 0 Å². The molecule has 2 fully saturated rings. The van der Waals surface area contributed by atoms with Crippen LogP contribution >= 0.6 is 0 Å². The Hall–Kier alpha value is -1.70. The van der Waals surface area contributed by atoms with E-state index in [9.17, 15) is 0 Å². The fraction of sp³-hybridized carbons (Fsp3) is 0.688. The Labute approximate surface area is 209 Å². The molecule has 0 N–H and O–H groups in total. The van der Waals surface area contributed by atoms with Crippen molar-refractivity contribution in [2.45, 2.75) is 128 Å². The Morgan fingerprint density at radius 3 is 1.85 bits per heavy atom. The van der Waals surface area contributed by atoms with E-state index in [4.69, 9.17) is 0 Å². The molecule has 2 heteroatoms. The fourth-order valence-electron chi connectivity index (χ4n) is 6.62. The van der Waals surface area contributed by atoms with Crippen molar-refractivity contribution in [3.8, 4) is 11.3 Å². The fourth-order valence-corrected chi connectivity index (χ4v) is 6.62. The third kappa shape index (κ3) is 7.15. The van der Waals surface area contributed by atoms with E-state index in [1.165, 1.54) is 120 Å². The molecule has 34 heavy (non-hydrogen) atoms. The lowest BCUT2D eigenvalue weighted by molar-refractivity contribution is 0.302. The van der Waals surface area contributed by atoms with E-state index >= 15 is 0 Å². The number of hydrogen-bond acceptors (Lipinski definition) is 2. The third-order valence-electron chi connectivity index (χ3n) is 8.89. The average Bonchev–Trinajstić information content (AvgIpc) is 2.90. The minimum atomic E-state index is 0.614. The maximum Gasteiger partial charge on any atom is 0.0929 e. The highest BCUT2D eigenvalue weighted by Crippen LogP contribution is 2.39. The van der Waals surface area contributed by atoms with E-state index < -0.39 is 0 Å². The topological polar surface area (TPSA) is 25.8 Å². The number of aromatic nitrogens is 2. The molecule has 0 bridgehead atoms. The Balaban J connectivity index is 1.24. The molecule has 0 unspecified atom stereocenters. The number of benzene rings is 1. The summed E-state index contributed by atoms with van der Waals surface area (Å²) in [7, 11) is 0. The van der Waals surface area contributed by atoms with E-state index in [0.29, 0.717) is 5.92 Å². The van der Waals surface area contributed by atoms with Gasteiger partial charge in [-0.15, -0.1) is 0 Å². The number of nitrogens with zero attached hydrogens (tertiary/aromatic N) is 2. The van der Waals surface area contributed by atoms with Gasteiger partial charge in [0.2, 0.25) is 0 Å². The van der Waals surface area contributed by atoms with Crippen molar-refractivity contribution in [3.63, 3.8) is 0 Å². The summed E-state index contributed by atoms with van der Waals surface area (Å²) in [5.74, 6) is 3.29. The lowest BCUT2D eigenvalue weighted by Crippen LogP contribution is -2.14. The van der Waals surface area contributed by atoms with Gasteiger partial charge < -0.3 is 0 Å². The molecular formula is C32H48N2.